The zero-order valence-corrected chi connectivity index (χ0v) is 6.37. The van der Waals surface area contributed by atoms with Gasteiger partial charge in [0.25, 0.3) is 0 Å². The zero-order chi connectivity index (χ0) is 8.85. The normalized spacial score (nSPS) is 11.0. The SMILES string of the molecule is CC(C)C(=CN=C=O)C(=O)O. The Morgan fingerprint density at radius 3 is 2.45 bits per heavy atom. The lowest BCUT2D eigenvalue weighted by atomic mass is 10.1. The number of aliphatic imine (C=N–C) groups is 1. The van der Waals surface area contributed by atoms with Gasteiger partial charge in [0.05, 0.1) is 11.8 Å². The molecule has 4 heteroatoms. The summed E-state index contributed by atoms with van der Waals surface area (Å²) >= 11 is 0. The summed E-state index contributed by atoms with van der Waals surface area (Å²) in [7, 11) is 0. The van der Waals surface area contributed by atoms with Gasteiger partial charge in [-0.3, -0.25) is 0 Å². The summed E-state index contributed by atoms with van der Waals surface area (Å²) in [6.07, 6.45) is 2.26. The van der Waals surface area contributed by atoms with E-state index in [-0.39, 0.29) is 11.5 Å². The molecule has 0 aliphatic heterocycles. The largest absolute Gasteiger partial charge is 0.478 e. The lowest BCUT2D eigenvalue weighted by Gasteiger charge is -2.01. The second-order valence-electron chi connectivity index (χ2n) is 2.26. The third-order valence-electron chi connectivity index (χ3n) is 1.13. The van der Waals surface area contributed by atoms with Crippen molar-refractivity contribution in [2.45, 2.75) is 13.8 Å². The second kappa shape index (κ2) is 4.41. The topological polar surface area (TPSA) is 66.7 Å². The Morgan fingerprint density at radius 2 is 2.18 bits per heavy atom. The Labute approximate surface area is 64.3 Å². The molecule has 0 unspecified atom stereocenters. The molecule has 60 valence electrons. The molecule has 0 aromatic rings. The van der Waals surface area contributed by atoms with E-state index in [1.54, 1.807) is 13.8 Å². The monoisotopic (exact) mass is 155 g/mol. The van der Waals surface area contributed by atoms with Crippen LogP contribution in [0.4, 0.5) is 0 Å². The molecule has 0 amide bonds. The van der Waals surface area contributed by atoms with Crippen molar-refractivity contribution in [2.75, 3.05) is 0 Å². The molecule has 0 aliphatic carbocycles. The van der Waals surface area contributed by atoms with Crippen molar-refractivity contribution in [3.8, 4) is 0 Å². The number of carbonyl (C=O) groups excluding carboxylic acids is 1. The molecular weight excluding hydrogens is 146 g/mol. The van der Waals surface area contributed by atoms with Gasteiger partial charge in [-0.25, -0.2) is 9.59 Å². The second-order valence-corrected chi connectivity index (χ2v) is 2.26. The fraction of sp³-hybridized carbons (Fsp3) is 0.429. The molecule has 0 atom stereocenters. The number of carboxylic acids is 1. The number of rotatable bonds is 3. The molecule has 0 rings (SSSR count). The van der Waals surface area contributed by atoms with Crippen molar-refractivity contribution in [3.63, 3.8) is 0 Å². The third-order valence-corrected chi connectivity index (χ3v) is 1.13. The zero-order valence-electron chi connectivity index (χ0n) is 6.37. The highest BCUT2D eigenvalue weighted by Crippen LogP contribution is 2.08. The molecule has 0 saturated carbocycles. The number of nitrogens with zero attached hydrogens (tertiary/aromatic N) is 1. The lowest BCUT2D eigenvalue weighted by Crippen LogP contribution is -2.06. The highest BCUT2D eigenvalue weighted by molar-refractivity contribution is 5.87. The molecule has 0 radical (unpaired) electrons. The van der Waals surface area contributed by atoms with E-state index in [9.17, 15) is 9.59 Å². The molecule has 11 heavy (non-hydrogen) atoms. The van der Waals surface area contributed by atoms with E-state index in [1.165, 1.54) is 6.08 Å². The minimum Gasteiger partial charge on any atom is -0.478 e. The number of isocyanates is 1. The molecule has 0 bridgehead atoms. The highest BCUT2D eigenvalue weighted by atomic mass is 16.4. The maximum atomic E-state index is 10.4. The van der Waals surface area contributed by atoms with Crippen LogP contribution in [0.2, 0.25) is 0 Å². The van der Waals surface area contributed by atoms with Gasteiger partial charge < -0.3 is 5.11 Å². The van der Waals surface area contributed by atoms with Crippen LogP contribution in [0.15, 0.2) is 16.8 Å². The van der Waals surface area contributed by atoms with Gasteiger partial charge in [0, 0.05) is 0 Å². The van der Waals surface area contributed by atoms with Crippen LogP contribution in [0.1, 0.15) is 13.8 Å². The van der Waals surface area contributed by atoms with Crippen molar-refractivity contribution in [3.05, 3.63) is 11.8 Å². The lowest BCUT2D eigenvalue weighted by molar-refractivity contribution is -0.133. The fourth-order valence-electron chi connectivity index (χ4n) is 0.547. The summed E-state index contributed by atoms with van der Waals surface area (Å²) in [5, 5.41) is 8.51. The van der Waals surface area contributed by atoms with Crippen molar-refractivity contribution in [1.29, 1.82) is 0 Å². The first-order chi connectivity index (χ1) is 5.09. The summed E-state index contributed by atoms with van der Waals surface area (Å²) in [5.41, 5.74) is 0.105. The van der Waals surface area contributed by atoms with Crippen molar-refractivity contribution >= 4 is 12.0 Å². The standard InChI is InChI=1S/C7H9NO3/c1-5(2)6(7(10)11)3-8-4-9/h3,5H,1-2H3,(H,10,11). The Hall–Kier alpha value is -1.41. The van der Waals surface area contributed by atoms with Crippen LogP contribution < -0.4 is 0 Å². The van der Waals surface area contributed by atoms with E-state index >= 15 is 0 Å². The van der Waals surface area contributed by atoms with Crippen LogP contribution in [0, 0.1) is 5.92 Å². The Bertz CT molecular complexity index is 224. The van der Waals surface area contributed by atoms with E-state index in [0.717, 1.165) is 6.20 Å². The van der Waals surface area contributed by atoms with Crippen LogP contribution in [0.5, 0.6) is 0 Å². The van der Waals surface area contributed by atoms with Crippen LogP contribution >= 0.6 is 0 Å². The van der Waals surface area contributed by atoms with E-state index in [1.807, 2.05) is 0 Å². The van der Waals surface area contributed by atoms with Crippen LogP contribution in [0.3, 0.4) is 0 Å². The first-order valence-electron chi connectivity index (χ1n) is 3.10. The van der Waals surface area contributed by atoms with Crippen LogP contribution in [-0.2, 0) is 9.59 Å². The first-order valence-corrected chi connectivity index (χ1v) is 3.10. The fourth-order valence-corrected chi connectivity index (χ4v) is 0.547. The smallest absolute Gasteiger partial charge is 0.333 e. The highest BCUT2D eigenvalue weighted by Gasteiger charge is 2.10. The van der Waals surface area contributed by atoms with E-state index in [2.05, 4.69) is 4.99 Å². The van der Waals surface area contributed by atoms with Gasteiger partial charge in [-0.2, -0.15) is 4.99 Å². The molecule has 0 aliphatic rings. The number of hydrogen-bond acceptors (Lipinski definition) is 3. The average molecular weight is 155 g/mol. The molecule has 0 saturated heterocycles. The molecule has 0 aromatic carbocycles. The average Bonchev–Trinajstić information content (AvgIpc) is 1.87. The van der Waals surface area contributed by atoms with Gasteiger partial charge in [-0.1, -0.05) is 13.8 Å². The molecule has 0 aromatic heterocycles. The summed E-state index contributed by atoms with van der Waals surface area (Å²) in [4.78, 5) is 23.1. The predicted molar refractivity (Wildman–Crippen MR) is 38.7 cm³/mol. The van der Waals surface area contributed by atoms with E-state index in [4.69, 9.17) is 5.11 Å². The van der Waals surface area contributed by atoms with Crippen molar-refractivity contribution in [1.82, 2.24) is 0 Å². The molecule has 0 fully saturated rings. The van der Waals surface area contributed by atoms with E-state index < -0.39 is 5.97 Å². The van der Waals surface area contributed by atoms with Gasteiger partial charge in [0.2, 0.25) is 6.08 Å². The maximum Gasteiger partial charge on any atom is 0.333 e. The molecule has 4 nitrogen and oxygen atoms in total. The number of carboxylic acid groups (broad SMARTS) is 1. The number of carbonyl (C=O) groups is 1. The maximum absolute atomic E-state index is 10.4. The van der Waals surface area contributed by atoms with Crippen LogP contribution in [0.25, 0.3) is 0 Å². The quantitative estimate of drug-likeness (QED) is 0.374. The predicted octanol–water partition coefficient (Wildman–Crippen LogP) is 0.947. The third kappa shape index (κ3) is 3.33. The summed E-state index contributed by atoms with van der Waals surface area (Å²) in [6.45, 7) is 3.42. The van der Waals surface area contributed by atoms with Gasteiger partial charge >= 0.3 is 5.97 Å². The van der Waals surface area contributed by atoms with Crippen molar-refractivity contribution < 1.29 is 14.7 Å². The number of aliphatic carboxylic acids is 1. The molecular formula is C7H9NO3. The van der Waals surface area contributed by atoms with Gasteiger partial charge in [-0.15, -0.1) is 0 Å². The van der Waals surface area contributed by atoms with Crippen molar-refractivity contribution in [2.24, 2.45) is 10.9 Å². The van der Waals surface area contributed by atoms with Gasteiger partial charge in [0.15, 0.2) is 0 Å². The molecule has 1 N–H and O–H groups in total. The van der Waals surface area contributed by atoms with Gasteiger partial charge in [-0.05, 0) is 5.92 Å². The van der Waals surface area contributed by atoms with Crippen LogP contribution in [-0.4, -0.2) is 17.2 Å². The Kier molecular flexibility index (Phi) is 3.85. The van der Waals surface area contributed by atoms with E-state index in [0.29, 0.717) is 0 Å². The summed E-state index contributed by atoms with van der Waals surface area (Å²) in [6, 6.07) is 0. The molecule has 0 spiro atoms. The molecule has 0 heterocycles. The minimum atomic E-state index is -1.06. The minimum absolute atomic E-state index is 0.105. The summed E-state index contributed by atoms with van der Waals surface area (Å²) in [5.74, 6) is -1.20. The Morgan fingerprint density at radius 1 is 1.64 bits per heavy atom. The summed E-state index contributed by atoms with van der Waals surface area (Å²) < 4.78 is 0. The number of hydrogen-bond donors (Lipinski definition) is 1. The Balaban J connectivity index is 4.59. The first kappa shape index (κ1) is 9.59. The van der Waals surface area contributed by atoms with Gasteiger partial charge in [0.1, 0.15) is 0 Å².